The first-order valence-electron chi connectivity index (χ1n) is 10.9. The van der Waals surface area contributed by atoms with E-state index in [0.717, 1.165) is 6.42 Å². The number of likely N-dealkylation sites (tertiary alicyclic amines) is 1. The summed E-state index contributed by atoms with van der Waals surface area (Å²) in [5, 5.41) is 0. The predicted molar refractivity (Wildman–Crippen MR) is 113 cm³/mol. The molecule has 2 aromatic rings. The number of likely N-dealkylation sites (N-methyl/N-ethyl adjacent to an activating group) is 1. The van der Waals surface area contributed by atoms with Gasteiger partial charge in [-0.2, -0.15) is 0 Å². The van der Waals surface area contributed by atoms with Crippen molar-refractivity contribution < 1.29 is 4.79 Å². The molecule has 3 heteroatoms. The average Bonchev–Trinajstić information content (AvgIpc) is 3.39. The Morgan fingerprint density at radius 1 is 0.857 bits per heavy atom. The van der Waals surface area contributed by atoms with Crippen molar-refractivity contribution in [3.05, 3.63) is 59.7 Å². The molecule has 1 amide bonds. The van der Waals surface area contributed by atoms with Gasteiger partial charge >= 0.3 is 0 Å². The van der Waals surface area contributed by atoms with Gasteiger partial charge in [0.25, 0.3) is 0 Å². The molecule has 3 nitrogen and oxygen atoms in total. The lowest BCUT2D eigenvalue weighted by atomic mass is 9.86. The molecule has 0 aromatic heterocycles. The molecule has 2 aromatic carbocycles. The number of carbonyl (C=O) groups is 1. The third-order valence-electron chi connectivity index (χ3n) is 7.23. The quantitative estimate of drug-likeness (QED) is 0.780. The Kier molecular flexibility index (Phi) is 4.72. The van der Waals surface area contributed by atoms with Gasteiger partial charge in [-0.15, -0.1) is 0 Å². The van der Waals surface area contributed by atoms with Crippen LogP contribution in [-0.2, 0) is 4.79 Å². The molecule has 146 valence electrons. The molecular weight excluding hydrogens is 344 g/mol. The van der Waals surface area contributed by atoms with Gasteiger partial charge in [0, 0.05) is 19.1 Å². The third-order valence-corrected chi connectivity index (χ3v) is 7.23. The molecule has 3 aliphatic rings. The van der Waals surface area contributed by atoms with Crippen LogP contribution in [0.3, 0.4) is 0 Å². The van der Waals surface area contributed by atoms with Crippen LogP contribution < -0.4 is 0 Å². The minimum atomic E-state index is -0.154. The van der Waals surface area contributed by atoms with Crippen LogP contribution in [-0.4, -0.2) is 47.9 Å². The van der Waals surface area contributed by atoms with E-state index in [4.69, 9.17) is 0 Å². The maximum atomic E-state index is 13.8. The van der Waals surface area contributed by atoms with Gasteiger partial charge in [0.05, 0.1) is 5.92 Å². The summed E-state index contributed by atoms with van der Waals surface area (Å²) in [4.78, 5) is 18.6. The fourth-order valence-corrected chi connectivity index (χ4v) is 5.83. The summed E-state index contributed by atoms with van der Waals surface area (Å²) in [6.45, 7) is 2.41. The van der Waals surface area contributed by atoms with Crippen LogP contribution in [0.15, 0.2) is 48.5 Å². The fourth-order valence-electron chi connectivity index (χ4n) is 5.83. The highest BCUT2D eigenvalue weighted by Crippen LogP contribution is 2.45. The summed E-state index contributed by atoms with van der Waals surface area (Å²) in [7, 11) is 2.06. The number of carbonyl (C=O) groups excluding carboxylic acids is 1. The van der Waals surface area contributed by atoms with Crippen LogP contribution in [0.25, 0.3) is 11.1 Å². The van der Waals surface area contributed by atoms with Crippen LogP contribution in [0.4, 0.5) is 0 Å². The number of hydrogen-bond acceptors (Lipinski definition) is 2. The molecule has 0 unspecified atom stereocenters. The molecular formula is C25H30N2O. The molecule has 0 spiro atoms. The Bertz CT molecular complexity index is 825. The first-order chi connectivity index (χ1) is 13.8. The lowest BCUT2D eigenvalue weighted by molar-refractivity contribution is -0.134. The molecule has 1 saturated carbocycles. The summed E-state index contributed by atoms with van der Waals surface area (Å²) in [5.74, 6) is 0.118. The maximum absolute atomic E-state index is 13.8. The van der Waals surface area contributed by atoms with Gasteiger partial charge < -0.3 is 4.90 Å². The molecule has 2 aliphatic carbocycles. The molecule has 2 atom stereocenters. The van der Waals surface area contributed by atoms with Crippen molar-refractivity contribution in [2.45, 2.75) is 56.5 Å². The van der Waals surface area contributed by atoms with E-state index in [1.165, 1.54) is 67.4 Å². The Balaban J connectivity index is 1.47. The highest BCUT2D eigenvalue weighted by molar-refractivity contribution is 5.96. The van der Waals surface area contributed by atoms with E-state index in [1.54, 1.807) is 0 Å². The van der Waals surface area contributed by atoms with Crippen molar-refractivity contribution in [2.24, 2.45) is 0 Å². The fraction of sp³-hybridized carbons (Fsp3) is 0.480. The number of amides is 1. The van der Waals surface area contributed by atoms with Crippen LogP contribution in [0.2, 0.25) is 0 Å². The predicted octanol–water partition coefficient (Wildman–Crippen LogP) is 4.66. The molecule has 0 bridgehead atoms. The summed E-state index contributed by atoms with van der Waals surface area (Å²) in [5.41, 5.74) is 4.80. The monoisotopic (exact) mass is 374 g/mol. The molecule has 0 radical (unpaired) electrons. The molecule has 1 saturated heterocycles. The summed E-state index contributed by atoms with van der Waals surface area (Å²) < 4.78 is 0. The van der Waals surface area contributed by atoms with Gasteiger partial charge in [-0.1, -0.05) is 61.4 Å². The Morgan fingerprint density at radius 2 is 1.43 bits per heavy atom. The molecule has 28 heavy (non-hydrogen) atoms. The van der Waals surface area contributed by atoms with Crippen molar-refractivity contribution in [3.8, 4) is 11.1 Å². The molecule has 1 heterocycles. The second kappa shape index (κ2) is 7.36. The standard InChI is InChI=1S/C25H30N2O/c1-26(22-14-6-7-15-23(22)27-16-8-9-17-27)25(28)24-20-12-4-2-10-18(20)19-11-3-5-13-21(19)24/h2-5,10-13,22-24H,6-9,14-17H2,1H3/t22-,23-/m0/s1. The molecule has 1 aliphatic heterocycles. The third kappa shape index (κ3) is 2.88. The van der Waals surface area contributed by atoms with E-state index >= 15 is 0 Å². The SMILES string of the molecule is CN(C(=O)C1c2ccccc2-c2ccccc21)[C@H]1CCCC[C@@H]1N1CCCC1. The van der Waals surface area contributed by atoms with Crippen molar-refractivity contribution in [1.82, 2.24) is 9.80 Å². The van der Waals surface area contributed by atoms with Gasteiger partial charge in [-0.3, -0.25) is 9.69 Å². The Labute approximate surface area is 168 Å². The lowest BCUT2D eigenvalue weighted by Crippen LogP contribution is -2.54. The first kappa shape index (κ1) is 17.9. The lowest BCUT2D eigenvalue weighted by Gasteiger charge is -2.43. The van der Waals surface area contributed by atoms with Gasteiger partial charge in [-0.05, 0) is 61.0 Å². The van der Waals surface area contributed by atoms with E-state index < -0.39 is 0 Å². The van der Waals surface area contributed by atoms with Crippen molar-refractivity contribution in [1.29, 1.82) is 0 Å². The Hall–Kier alpha value is -2.13. The number of benzene rings is 2. The molecule has 5 rings (SSSR count). The minimum absolute atomic E-state index is 0.154. The number of fused-ring (bicyclic) bond motifs is 3. The minimum Gasteiger partial charge on any atom is -0.340 e. The highest BCUT2D eigenvalue weighted by Gasteiger charge is 2.40. The van der Waals surface area contributed by atoms with Crippen LogP contribution in [0.1, 0.15) is 55.6 Å². The zero-order chi connectivity index (χ0) is 19.1. The normalized spacial score (nSPS) is 24.8. The number of rotatable bonds is 3. The Morgan fingerprint density at radius 3 is 2.07 bits per heavy atom. The summed E-state index contributed by atoms with van der Waals surface area (Å²) in [6.07, 6.45) is 7.54. The first-order valence-corrected chi connectivity index (χ1v) is 10.9. The molecule has 2 fully saturated rings. The smallest absolute Gasteiger partial charge is 0.234 e. The van der Waals surface area contributed by atoms with E-state index in [2.05, 4.69) is 65.4 Å². The van der Waals surface area contributed by atoms with Gasteiger partial charge in [0.15, 0.2) is 0 Å². The van der Waals surface area contributed by atoms with E-state index in [-0.39, 0.29) is 11.8 Å². The zero-order valence-corrected chi connectivity index (χ0v) is 16.8. The second-order valence-corrected chi connectivity index (χ2v) is 8.72. The van der Waals surface area contributed by atoms with Gasteiger partial charge in [0.2, 0.25) is 5.91 Å². The summed E-state index contributed by atoms with van der Waals surface area (Å²) >= 11 is 0. The van der Waals surface area contributed by atoms with Crippen LogP contribution in [0, 0.1) is 0 Å². The number of hydrogen-bond donors (Lipinski definition) is 0. The topological polar surface area (TPSA) is 23.6 Å². The maximum Gasteiger partial charge on any atom is 0.234 e. The second-order valence-electron chi connectivity index (χ2n) is 8.72. The summed E-state index contributed by atoms with van der Waals surface area (Å²) in [6, 6.07) is 17.8. The van der Waals surface area contributed by atoms with Crippen molar-refractivity contribution in [2.75, 3.05) is 20.1 Å². The zero-order valence-electron chi connectivity index (χ0n) is 16.8. The number of nitrogens with zero attached hydrogens (tertiary/aromatic N) is 2. The van der Waals surface area contributed by atoms with Crippen LogP contribution in [0.5, 0.6) is 0 Å². The van der Waals surface area contributed by atoms with Gasteiger partial charge in [-0.25, -0.2) is 0 Å². The van der Waals surface area contributed by atoms with Crippen LogP contribution >= 0.6 is 0 Å². The average molecular weight is 375 g/mol. The van der Waals surface area contributed by atoms with E-state index in [1.807, 2.05) is 0 Å². The van der Waals surface area contributed by atoms with E-state index in [9.17, 15) is 4.79 Å². The largest absolute Gasteiger partial charge is 0.340 e. The molecule has 0 N–H and O–H groups in total. The van der Waals surface area contributed by atoms with Crippen molar-refractivity contribution in [3.63, 3.8) is 0 Å². The van der Waals surface area contributed by atoms with E-state index in [0.29, 0.717) is 12.1 Å². The van der Waals surface area contributed by atoms with Crippen molar-refractivity contribution >= 4 is 5.91 Å². The van der Waals surface area contributed by atoms with Gasteiger partial charge in [0.1, 0.15) is 0 Å². The highest BCUT2D eigenvalue weighted by atomic mass is 16.2.